The van der Waals surface area contributed by atoms with Gasteiger partial charge in [-0.05, 0) is 0 Å². The Hall–Kier alpha value is 0.859. The molecule has 0 fully saturated rings. The monoisotopic (exact) mass is 293 g/mol. The van der Waals surface area contributed by atoms with Gasteiger partial charge in [0.2, 0.25) is 0 Å². The van der Waals surface area contributed by atoms with Crippen molar-refractivity contribution >= 4 is 39.1 Å². The van der Waals surface area contributed by atoms with Crippen LogP contribution >= 0.6 is 0 Å². The first-order valence-corrected chi connectivity index (χ1v) is 7.12. The van der Waals surface area contributed by atoms with Crippen LogP contribution in [0, 0.1) is 0 Å². The fourth-order valence-corrected chi connectivity index (χ4v) is 1.58. The van der Waals surface area contributed by atoms with Crippen molar-refractivity contribution < 1.29 is 7.17 Å². The molecule has 0 spiro atoms. The third kappa shape index (κ3) is 5.63. The first-order chi connectivity index (χ1) is 4.68. The fraction of sp³-hybridized carbons (Fsp3) is 1.00. The molecule has 0 unspecified atom stereocenters. The molecule has 0 amide bonds. The molecule has 0 aromatic heterocycles. The van der Waals surface area contributed by atoms with Gasteiger partial charge in [0.1, 0.15) is 0 Å². The second kappa shape index (κ2) is 6.56. The second-order valence-electron chi connectivity index (χ2n) is 1.98. The van der Waals surface area contributed by atoms with E-state index in [1.54, 1.807) is 2.96 Å². The van der Waals surface area contributed by atoms with Crippen LogP contribution < -0.4 is 0 Å². The number of hydrogen-bond donors (Lipinski definition) is 0. The molecule has 0 aromatic rings. The van der Waals surface area contributed by atoms with Crippen molar-refractivity contribution in [3.63, 3.8) is 0 Å². The molecule has 5 heteroatoms. The Morgan fingerprint density at radius 3 is 2.60 bits per heavy atom. The quantitative estimate of drug-likeness (QED) is 0.538. The Labute approximate surface area is 78.9 Å². The van der Waals surface area contributed by atoms with E-state index in [9.17, 15) is 4.21 Å². The third-order valence-corrected chi connectivity index (χ3v) is 5.43. The number of hydrogen-bond acceptors (Lipinski definition) is 1. The summed E-state index contributed by atoms with van der Waals surface area (Å²) in [5.74, 6) is 0. The molecule has 0 heterocycles. The summed E-state index contributed by atoms with van der Waals surface area (Å²) in [6.45, 7) is 3.02. The average Bonchev–Trinajstić information content (AvgIpc) is 1.88. The van der Waals surface area contributed by atoms with Crippen LogP contribution in [0.4, 0.5) is 0 Å². The van der Waals surface area contributed by atoms with Crippen LogP contribution in [-0.2, 0) is 8.52 Å². The molecule has 0 aliphatic heterocycles. The predicted molar refractivity (Wildman–Crippen MR) is 44.3 cm³/mol. The van der Waals surface area contributed by atoms with Crippen molar-refractivity contribution in [1.29, 1.82) is 0 Å². The molecule has 10 heavy (non-hydrogen) atoms. The summed E-state index contributed by atoms with van der Waals surface area (Å²) < 4.78 is 12.4. The van der Waals surface area contributed by atoms with E-state index in [-0.39, 0.29) is 0 Å². The Morgan fingerprint density at radius 1 is 1.60 bits per heavy atom. The third-order valence-electron chi connectivity index (χ3n) is 1.11. The zero-order valence-electron chi connectivity index (χ0n) is 5.91. The molecule has 0 saturated carbocycles. The Morgan fingerprint density at radius 2 is 2.20 bits per heavy atom. The maximum atomic E-state index is 10.7. The van der Waals surface area contributed by atoms with E-state index >= 15 is 0 Å². The van der Waals surface area contributed by atoms with Gasteiger partial charge in [0.15, 0.2) is 0 Å². The molecule has 0 atom stereocenters. The van der Waals surface area contributed by atoms with E-state index < -0.39 is 8.52 Å². The van der Waals surface area contributed by atoms with E-state index in [1.165, 1.54) is 12.8 Å². The van der Waals surface area contributed by atoms with Gasteiger partial charge in [-0.1, -0.05) is 0 Å². The van der Waals surface area contributed by atoms with Crippen LogP contribution in [0.25, 0.3) is 0 Å². The molecule has 0 aliphatic carbocycles. The summed E-state index contributed by atoms with van der Waals surface area (Å²) in [5.41, 5.74) is 0. The van der Waals surface area contributed by atoms with Gasteiger partial charge >= 0.3 is 79.0 Å². The normalized spacial score (nSPS) is 9.40. The standard InChI is InChI=1S/C5H11NOSSe2/c1-2-3-4-5-6(9)8(7)10/h2-5H2,1H3. The minimum atomic E-state index is -0.961. The molecule has 0 saturated heterocycles. The summed E-state index contributed by atoms with van der Waals surface area (Å²) in [6, 6.07) is 0. The SMILES string of the molecule is CCCCC[N+]([Se-])=S(=O)=[Se]. The van der Waals surface area contributed by atoms with Crippen molar-refractivity contribution in [2.45, 2.75) is 26.2 Å². The molecule has 0 radical (unpaired) electrons. The van der Waals surface area contributed by atoms with Crippen LogP contribution in [0.2, 0.25) is 0 Å². The average molecular weight is 291 g/mol. The van der Waals surface area contributed by atoms with E-state index in [0.717, 1.165) is 13.0 Å². The topological polar surface area (TPSA) is 20.1 Å². The van der Waals surface area contributed by atoms with Gasteiger partial charge in [0.05, 0.1) is 0 Å². The summed E-state index contributed by atoms with van der Waals surface area (Å²) in [6.07, 6.45) is 3.51. The van der Waals surface area contributed by atoms with Crippen molar-refractivity contribution in [3.05, 3.63) is 0 Å². The summed E-state index contributed by atoms with van der Waals surface area (Å²) in [5, 5.41) is 0. The molecule has 60 valence electrons. The summed E-state index contributed by atoms with van der Waals surface area (Å²) in [7, 11) is -0.961. The second-order valence-corrected chi connectivity index (χ2v) is 6.10. The fourth-order valence-electron chi connectivity index (χ4n) is 0.565. The van der Waals surface area contributed by atoms with Gasteiger partial charge in [-0.2, -0.15) is 0 Å². The van der Waals surface area contributed by atoms with Crippen molar-refractivity contribution in [2.75, 3.05) is 6.54 Å². The van der Waals surface area contributed by atoms with Crippen molar-refractivity contribution in [3.8, 4) is 0 Å². The Kier molecular flexibility index (Phi) is 7.13. The van der Waals surface area contributed by atoms with Gasteiger partial charge in [-0.15, -0.1) is 0 Å². The number of nitrogens with zero attached hydrogens (tertiary/aromatic N) is 1. The molecule has 0 aromatic carbocycles. The number of rotatable bonds is 4. The van der Waals surface area contributed by atoms with Crippen molar-refractivity contribution in [2.24, 2.45) is 0 Å². The summed E-state index contributed by atoms with van der Waals surface area (Å²) in [4.78, 5) is 0. The summed E-state index contributed by atoms with van der Waals surface area (Å²) >= 11 is 5.27. The molecular weight excluding hydrogens is 280 g/mol. The van der Waals surface area contributed by atoms with Gasteiger partial charge in [0.25, 0.3) is 0 Å². The van der Waals surface area contributed by atoms with Crippen LogP contribution in [-0.4, -0.2) is 44.3 Å². The van der Waals surface area contributed by atoms with E-state index in [2.05, 4.69) is 37.5 Å². The first-order valence-electron chi connectivity index (χ1n) is 3.22. The molecule has 0 N–H and O–H groups in total. The molecule has 0 aliphatic rings. The van der Waals surface area contributed by atoms with Crippen molar-refractivity contribution in [1.82, 2.24) is 0 Å². The van der Waals surface area contributed by atoms with Gasteiger partial charge in [-0.3, -0.25) is 0 Å². The van der Waals surface area contributed by atoms with E-state index in [4.69, 9.17) is 0 Å². The minimum absolute atomic E-state index is 0.869. The van der Waals surface area contributed by atoms with E-state index in [1.807, 2.05) is 0 Å². The molecule has 0 bridgehead atoms. The maximum absolute atomic E-state index is 10.7. The van der Waals surface area contributed by atoms with Gasteiger partial charge in [0, 0.05) is 0 Å². The van der Waals surface area contributed by atoms with Crippen LogP contribution in [0.3, 0.4) is 0 Å². The molecule has 2 nitrogen and oxygen atoms in total. The molecular formula is C5H11NOSSe2. The number of unbranched alkanes of at least 4 members (excludes halogenated alkanes) is 2. The zero-order valence-corrected chi connectivity index (χ0v) is 10.2. The Balaban J connectivity index is 3.61. The van der Waals surface area contributed by atoms with Gasteiger partial charge in [-0.25, -0.2) is 0 Å². The van der Waals surface area contributed by atoms with Crippen LogP contribution in [0.5, 0.6) is 0 Å². The van der Waals surface area contributed by atoms with Crippen LogP contribution in [0.15, 0.2) is 0 Å². The van der Waals surface area contributed by atoms with Crippen LogP contribution in [0.1, 0.15) is 26.2 Å². The first kappa shape index (κ1) is 10.9. The zero-order chi connectivity index (χ0) is 7.98. The Bertz CT molecular complexity index is 202. The predicted octanol–water partition coefficient (Wildman–Crippen LogP) is 0.288. The van der Waals surface area contributed by atoms with Gasteiger partial charge < -0.3 is 0 Å². The molecule has 0 rings (SSSR count). The van der Waals surface area contributed by atoms with E-state index in [0.29, 0.717) is 0 Å².